The molecule has 0 radical (unpaired) electrons. The van der Waals surface area contributed by atoms with Crippen molar-refractivity contribution in [2.45, 2.75) is 0 Å². The Kier molecular flexibility index (Phi) is 6.50. The lowest BCUT2D eigenvalue weighted by atomic mass is 10.1. The van der Waals surface area contributed by atoms with E-state index >= 15 is 0 Å². The maximum Gasteiger partial charge on any atom is 0.269 e. The topological polar surface area (TPSA) is 61.4 Å². The molecular weight excluding hydrogens is 462 g/mol. The number of halogens is 1. The molecule has 0 bridgehead atoms. The van der Waals surface area contributed by atoms with Crippen LogP contribution in [0.25, 0.3) is 10.1 Å². The summed E-state index contributed by atoms with van der Waals surface area (Å²) in [6, 6.07) is 23.9. The van der Waals surface area contributed by atoms with Crippen LogP contribution < -0.4 is 15.5 Å². The predicted octanol–water partition coefficient (Wildman–Crippen LogP) is 5.96. The highest BCUT2D eigenvalue weighted by atomic mass is 35.5. The van der Waals surface area contributed by atoms with Crippen LogP contribution in [-0.2, 0) is 0 Å². The summed E-state index contributed by atoms with van der Waals surface area (Å²) in [7, 11) is 1.72. The van der Waals surface area contributed by atoms with Crippen LogP contribution in [0.15, 0.2) is 78.9 Å². The van der Waals surface area contributed by atoms with E-state index in [0.717, 1.165) is 15.8 Å². The quantitative estimate of drug-likeness (QED) is 0.354. The lowest BCUT2D eigenvalue weighted by molar-refractivity contribution is 0.0977. The summed E-state index contributed by atoms with van der Waals surface area (Å²) < 4.78 is 0.926. The van der Waals surface area contributed by atoms with Gasteiger partial charge in [0.05, 0.1) is 5.02 Å². The van der Waals surface area contributed by atoms with Gasteiger partial charge in [-0.2, -0.15) is 0 Å². The Balaban J connectivity index is 1.45. The monoisotopic (exact) mass is 479 g/mol. The van der Waals surface area contributed by atoms with E-state index in [4.69, 9.17) is 23.8 Å². The van der Waals surface area contributed by atoms with Gasteiger partial charge in [-0.1, -0.05) is 54.1 Å². The average molecular weight is 480 g/mol. The zero-order valence-corrected chi connectivity index (χ0v) is 19.4. The predicted molar refractivity (Wildman–Crippen MR) is 136 cm³/mol. The van der Waals surface area contributed by atoms with Crippen LogP contribution in [0.1, 0.15) is 20.0 Å². The summed E-state index contributed by atoms with van der Waals surface area (Å²) in [6.45, 7) is 0. The summed E-state index contributed by atoms with van der Waals surface area (Å²) in [5.74, 6) is -0.545. The summed E-state index contributed by atoms with van der Waals surface area (Å²) >= 11 is 13.0. The van der Waals surface area contributed by atoms with Crippen molar-refractivity contribution in [2.24, 2.45) is 0 Å². The molecule has 0 fully saturated rings. The van der Waals surface area contributed by atoms with Crippen molar-refractivity contribution < 1.29 is 9.59 Å². The number of benzene rings is 3. The number of amides is 2. The van der Waals surface area contributed by atoms with Crippen molar-refractivity contribution in [1.29, 1.82) is 0 Å². The summed E-state index contributed by atoms with van der Waals surface area (Å²) in [4.78, 5) is 27.5. The Morgan fingerprint density at radius 2 is 1.69 bits per heavy atom. The SMILES string of the molecule is CN(C(=O)c1cccc(NC(=S)NC(=O)c2sc3ccccc3c2Cl)c1)c1ccccc1. The maximum atomic E-state index is 12.9. The van der Waals surface area contributed by atoms with Crippen LogP contribution in [0.4, 0.5) is 11.4 Å². The molecular formula is C24H18ClN3O2S2. The van der Waals surface area contributed by atoms with Gasteiger partial charge in [0.2, 0.25) is 0 Å². The molecule has 5 nitrogen and oxygen atoms in total. The molecule has 4 rings (SSSR count). The Morgan fingerprint density at radius 1 is 0.969 bits per heavy atom. The number of thiophene rings is 1. The van der Waals surface area contributed by atoms with Crippen molar-refractivity contribution in [2.75, 3.05) is 17.3 Å². The molecule has 1 aromatic heterocycles. The van der Waals surface area contributed by atoms with Crippen LogP contribution in [0, 0.1) is 0 Å². The summed E-state index contributed by atoms with van der Waals surface area (Å²) in [6.07, 6.45) is 0. The standard InChI is InChI=1S/C24H18ClN3O2S2/c1-28(17-10-3-2-4-11-17)23(30)15-8-7-9-16(14-15)26-24(31)27-22(29)21-20(25)18-12-5-6-13-19(18)32-21/h2-14H,1H3,(H2,26,27,29,31). The van der Waals surface area contributed by atoms with Crippen molar-refractivity contribution in [3.63, 3.8) is 0 Å². The van der Waals surface area contributed by atoms with Crippen LogP contribution in [0.5, 0.6) is 0 Å². The number of fused-ring (bicyclic) bond motifs is 1. The molecule has 0 aliphatic carbocycles. The van der Waals surface area contributed by atoms with E-state index in [1.807, 2.05) is 54.6 Å². The van der Waals surface area contributed by atoms with Crippen LogP contribution in [-0.4, -0.2) is 24.0 Å². The van der Waals surface area contributed by atoms with Gasteiger partial charge in [-0.25, -0.2) is 0 Å². The average Bonchev–Trinajstić information content (AvgIpc) is 3.15. The van der Waals surface area contributed by atoms with Gasteiger partial charge in [-0.3, -0.25) is 14.9 Å². The van der Waals surface area contributed by atoms with Crippen molar-refractivity contribution in [3.8, 4) is 0 Å². The Labute approximate surface area is 199 Å². The molecule has 0 atom stereocenters. The highest BCUT2D eigenvalue weighted by molar-refractivity contribution is 7.80. The number of thiocarbonyl (C=S) groups is 1. The van der Waals surface area contributed by atoms with E-state index in [1.165, 1.54) is 11.3 Å². The number of hydrogen-bond acceptors (Lipinski definition) is 4. The van der Waals surface area contributed by atoms with E-state index in [0.29, 0.717) is 21.2 Å². The molecule has 3 aromatic carbocycles. The van der Waals surface area contributed by atoms with Gasteiger partial charge < -0.3 is 10.2 Å². The molecule has 2 N–H and O–H groups in total. The van der Waals surface area contributed by atoms with Gasteiger partial charge in [0, 0.05) is 34.1 Å². The number of rotatable bonds is 4. The summed E-state index contributed by atoms with van der Waals surface area (Å²) in [5, 5.41) is 6.97. The molecule has 4 aromatic rings. The van der Waals surface area contributed by atoms with E-state index in [2.05, 4.69) is 10.6 Å². The summed E-state index contributed by atoms with van der Waals surface area (Å²) in [5.41, 5.74) is 1.87. The lowest BCUT2D eigenvalue weighted by Crippen LogP contribution is -2.34. The van der Waals surface area contributed by atoms with E-state index < -0.39 is 0 Å². The molecule has 2 amide bonds. The number of nitrogens with zero attached hydrogens (tertiary/aromatic N) is 1. The first kappa shape index (κ1) is 22.0. The Morgan fingerprint density at radius 3 is 2.44 bits per heavy atom. The van der Waals surface area contributed by atoms with Crippen LogP contribution >= 0.6 is 35.2 Å². The molecule has 0 aliphatic heterocycles. The molecule has 0 saturated carbocycles. The fraction of sp³-hybridized carbons (Fsp3) is 0.0417. The van der Waals surface area contributed by atoms with Crippen LogP contribution in [0.2, 0.25) is 5.02 Å². The van der Waals surface area contributed by atoms with Crippen LogP contribution in [0.3, 0.4) is 0 Å². The number of carbonyl (C=O) groups excluding carboxylic acids is 2. The minimum absolute atomic E-state index is 0.115. The third kappa shape index (κ3) is 4.65. The second-order valence-corrected chi connectivity index (χ2v) is 8.77. The first-order valence-electron chi connectivity index (χ1n) is 9.66. The molecule has 0 spiro atoms. The number of nitrogens with one attached hydrogen (secondary N) is 2. The van der Waals surface area contributed by atoms with E-state index in [9.17, 15) is 9.59 Å². The molecule has 1 heterocycles. The Bertz CT molecular complexity index is 1320. The smallest absolute Gasteiger partial charge is 0.269 e. The van der Waals surface area contributed by atoms with Crippen molar-refractivity contribution >= 4 is 73.5 Å². The number of hydrogen-bond donors (Lipinski definition) is 2. The van der Waals surface area contributed by atoms with Crippen molar-refractivity contribution in [3.05, 3.63) is 94.3 Å². The van der Waals surface area contributed by atoms with Gasteiger partial charge in [0.25, 0.3) is 11.8 Å². The normalized spacial score (nSPS) is 10.6. The molecule has 0 unspecified atom stereocenters. The first-order valence-corrected chi connectivity index (χ1v) is 11.3. The highest BCUT2D eigenvalue weighted by Gasteiger charge is 2.18. The minimum Gasteiger partial charge on any atom is -0.332 e. The third-order valence-electron chi connectivity index (χ3n) is 4.78. The van der Waals surface area contributed by atoms with Gasteiger partial charge in [0.15, 0.2) is 5.11 Å². The third-order valence-corrected chi connectivity index (χ3v) is 6.66. The van der Waals surface area contributed by atoms with Gasteiger partial charge in [0.1, 0.15) is 4.88 Å². The first-order chi connectivity index (χ1) is 15.4. The number of para-hydroxylation sites is 1. The highest BCUT2D eigenvalue weighted by Crippen LogP contribution is 2.35. The van der Waals surface area contributed by atoms with Crippen molar-refractivity contribution in [1.82, 2.24) is 5.32 Å². The fourth-order valence-corrected chi connectivity index (χ4v) is 4.80. The molecule has 32 heavy (non-hydrogen) atoms. The maximum absolute atomic E-state index is 12.9. The molecule has 0 aliphatic rings. The van der Waals surface area contributed by atoms with E-state index in [-0.39, 0.29) is 16.9 Å². The zero-order chi connectivity index (χ0) is 22.7. The Hall–Kier alpha value is -3.26. The number of carbonyl (C=O) groups is 2. The minimum atomic E-state index is -0.384. The zero-order valence-electron chi connectivity index (χ0n) is 17.0. The molecule has 8 heteroatoms. The van der Waals surface area contributed by atoms with E-state index in [1.54, 1.807) is 36.2 Å². The number of anilines is 2. The van der Waals surface area contributed by atoms with Gasteiger partial charge in [-0.05, 0) is 48.6 Å². The second-order valence-electron chi connectivity index (χ2n) is 6.93. The largest absolute Gasteiger partial charge is 0.332 e. The second kappa shape index (κ2) is 9.48. The lowest BCUT2D eigenvalue weighted by Gasteiger charge is -2.18. The van der Waals surface area contributed by atoms with Gasteiger partial charge in [-0.15, -0.1) is 11.3 Å². The molecule has 0 saturated heterocycles. The van der Waals surface area contributed by atoms with Gasteiger partial charge >= 0.3 is 0 Å². The molecule has 160 valence electrons. The fourth-order valence-electron chi connectivity index (χ4n) is 3.17.